The molecule has 3 aromatic rings. The van der Waals surface area contributed by atoms with Gasteiger partial charge in [0.2, 0.25) is 21.9 Å². The number of nitrogens with zero attached hydrogens (tertiary/aromatic N) is 4. The molecule has 1 aromatic carbocycles. The predicted molar refractivity (Wildman–Crippen MR) is 129 cm³/mol. The topological polar surface area (TPSA) is 129 Å². The van der Waals surface area contributed by atoms with E-state index in [4.69, 9.17) is 0 Å². The molecular formula is C22H22F3N7O3S. The molecule has 1 aliphatic heterocycles. The lowest BCUT2D eigenvalue weighted by Gasteiger charge is -2.18. The van der Waals surface area contributed by atoms with E-state index in [-0.39, 0.29) is 30.6 Å². The normalized spacial score (nSPS) is 13.2. The Morgan fingerprint density at radius 3 is 2.64 bits per heavy atom. The maximum atomic E-state index is 13.6. The summed E-state index contributed by atoms with van der Waals surface area (Å²) in [6.07, 6.45) is -2.85. The molecule has 10 nitrogen and oxygen atoms in total. The Kier molecular flexibility index (Phi) is 6.47. The number of carbonyl (C=O) groups excluding carboxylic acids is 1. The summed E-state index contributed by atoms with van der Waals surface area (Å²) in [4.78, 5) is 23.8. The highest BCUT2D eigenvalue weighted by Gasteiger charge is 2.35. The van der Waals surface area contributed by atoms with Gasteiger partial charge in [0.05, 0.1) is 36.3 Å². The molecule has 3 N–H and O–H groups in total. The Morgan fingerprint density at radius 1 is 1.19 bits per heavy atom. The molecule has 0 aliphatic carbocycles. The van der Waals surface area contributed by atoms with Gasteiger partial charge in [0, 0.05) is 13.2 Å². The van der Waals surface area contributed by atoms with E-state index < -0.39 is 27.6 Å². The first-order valence-electron chi connectivity index (χ1n) is 10.6. The van der Waals surface area contributed by atoms with Crippen molar-refractivity contribution in [1.82, 2.24) is 15.0 Å². The van der Waals surface area contributed by atoms with Gasteiger partial charge in [-0.15, -0.1) is 0 Å². The van der Waals surface area contributed by atoms with Gasteiger partial charge in [0.25, 0.3) is 0 Å². The number of hydrogen-bond donors (Lipinski definition) is 3. The van der Waals surface area contributed by atoms with E-state index in [2.05, 4.69) is 30.9 Å². The van der Waals surface area contributed by atoms with Gasteiger partial charge >= 0.3 is 6.18 Å². The summed E-state index contributed by atoms with van der Waals surface area (Å²) < 4.78 is 65.6. The monoisotopic (exact) mass is 521 g/mol. The van der Waals surface area contributed by atoms with Crippen molar-refractivity contribution >= 4 is 44.9 Å². The third kappa shape index (κ3) is 5.48. The average molecular weight is 522 g/mol. The van der Waals surface area contributed by atoms with Crippen LogP contribution in [0.4, 0.5) is 42.1 Å². The van der Waals surface area contributed by atoms with Crippen LogP contribution in [0.25, 0.3) is 0 Å². The van der Waals surface area contributed by atoms with Crippen LogP contribution in [-0.4, -0.2) is 42.6 Å². The van der Waals surface area contributed by atoms with Crippen LogP contribution in [-0.2, 0) is 34.0 Å². The van der Waals surface area contributed by atoms with Crippen molar-refractivity contribution in [2.24, 2.45) is 0 Å². The Labute approximate surface area is 205 Å². The average Bonchev–Trinajstić information content (AvgIpc) is 3.17. The van der Waals surface area contributed by atoms with E-state index in [9.17, 15) is 26.4 Å². The van der Waals surface area contributed by atoms with Crippen molar-refractivity contribution in [3.8, 4) is 0 Å². The molecule has 190 valence electrons. The van der Waals surface area contributed by atoms with Crippen LogP contribution in [0, 0.1) is 6.92 Å². The first-order valence-corrected chi connectivity index (χ1v) is 12.4. The number of nitrogens with one attached hydrogen (secondary N) is 3. The van der Waals surface area contributed by atoms with Crippen molar-refractivity contribution in [3.63, 3.8) is 0 Å². The molecule has 0 unspecified atom stereocenters. The number of rotatable bonds is 7. The van der Waals surface area contributed by atoms with Gasteiger partial charge in [0.1, 0.15) is 17.2 Å². The van der Waals surface area contributed by atoms with Crippen molar-refractivity contribution in [2.75, 3.05) is 33.6 Å². The molecule has 0 saturated heterocycles. The van der Waals surface area contributed by atoms with Crippen molar-refractivity contribution in [2.45, 2.75) is 26.1 Å². The second kappa shape index (κ2) is 9.26. The number of carbonyl (C=O) groups is 1. The Morgan fingerprint density at radius 2 is 1.94 bits per heavy atom. The molecule has 1 amide bonds. The number of pyridine rings is 1. The van der Waals surface area contributed by atoms with E-state index in [1.165, 1.54) is 7.05 Å². The summed E-state index contributed by atoms with van der Waals surface area (Å²) in [5.74, 6) is -0.662. The minimum Gasteiger partial charge on any atom is -0.364 e. The van der Waals surface area contributed by atoms with Gasteiger partial charge in [-0.2, -0.15) is 18.2 Å². The minimum absolute atomic E-state index is 0.116. The molecule has 36 heavy (non-hydrogen) atoms. The SMILES string of the molecule is Cc1cc(CNc2nc(Nc3cccc4c3NC(=O)C4)ncc2C(F)(F)F)nc(N(C)S(C)(=O)=O)c1. The highest BCUT2D eigenvalue weighted by molar-refractivity contribution is 7.92. The number of aromatic nitrogens is 3. The number of hydrogen-bond acceptors (Lipinski definition) is 8. The number of fused-ring (bicyclic) bond motifs is 1. The van der Waals surface area contributed by atoms with Crippen LogP contribution in [0.5, 0.6) is 0 Å². The Hall–Kier alpha value is -3.94. The predicted octanol–water partition coefficient (Wildman–Crippen LogP) is 3.44. The minimum atomic E-state index is -4.73. The van der Waals surface area contributed by atoms with Crippen molar-refractivity contribution in [3.05, 3.63) is 58.9 Å². The van der Waals surface area contributed by atoms with Gasteiger partial charge in [0.15, 0.2) is 0 Å². The smallest absolute Gasteiger partial charge is 0.364 e. The number of anilines is 5. The first-order chi connectivity index (χ1) is 16.8. The lowest BCUT2D eigenvalue weighted by atomic mass is 10.1. The fraction of sp³-hybridized carbons (Fsp3) is 0.273. The highest BCUT2D eigenvalue weighted by atomic mass is 32.2. The van der Waals surface area contributed by atoms with Crippen LogP contribution in [0.3, 0.4) is 0 Å². The zero-order valence-corrected chi connectivity index (χ0v) is 20.3. The van der Waals surface area contributed by atoms with E-state index >= 15 is 0 Å². The number of benzene rings is 1. The third-order valence-corrected chi connectivity index (χ3v) is 6.56. The van der Waals surface area contributed by atoms with Crippen molar-refractivity contribution in [1.29, 1.82) is 0 Å². The van der Waals surface area contributed by atoms with Crippen LogP contribution in [0.15, 0.2) is 36.5 Å². The maximum Gasteiger partial charge on any atom is 0.421 e. The van der Waals surface area contributed by atoms with Crippen LogP contribution >= 0.6 is 0 Å². The van der Waals surface area contributed by atoms with Crippen molar-refractivity contribution < 1.29 is 26.4 Å². The standard InChI is InChI=1S/C22H22F3N7O3S/c1-12-7-14(28-17(8-12)32(2)36(3,34)35)10-26-20-15(22(23,24)25)11-27-21(31-20)29-16-6-4-5-13-9-18(33)30-19(13)16/h4-8,11H,9-10H2,1-3H3,(H,30,33)(H2,26,27,29,31). The molecule has 0 spiro atoms. The molecule has 14 heteroatoms. The summed E-state index contributed by atoms with van der Waals surface area (Å²) >= 11 is 0. The number of halogens is 3. The summed E-state index contributed by atoms with van der Waals surface area (Å²) in [5, 5.41) is 8.21. The van der Waals surface area contributed by atoms with Gasteiger partial charge in [-0.05, 0) is 36.2 Å². The van der Waals surface area contributed by atoms with Crippen LogP contribution < -0.4 is 20.3 Å². The zero-order chi connectivity index (χ0) is 26.3. The molecule has 0 radical (unpaired) electrons. The lowest BCUT2D eigenvalue weighted by Crippen LogP contribution is -2.26. The van der Waals surface area contributed by atoms with Gasteiger partial charge in [-0.1, -0.05) is 12.1 Å². The number of amides is 1. The Balaban J connectivity index is 1.62. The number of alkyl halides is 3. The van der Waals surface area contributed by atoms with E-state index in [0.29, 0.717) is 28.8 Å². The van der Waals surface area contributed by atoms with Crippen LogP contribution in [0.2, 0.25) is 0 Å². The number of para-hydroxylation sites is 1. The molecule has 2 aromatic heterocycles. The summed E-state index contributed by atoms with van der Waals surface area (Å²) in [5.41, 5.74) is 1.61. The number of aryl methyl sites for hydroxylation is 1. The highest BCUT2D eigenvalue weighted by Crippen LogP contribution is 2.36. The van der Waals surface area contributed by atoms with Gasteiger partial charge in [-0.25, -0.2) is 18.4 Å². The van der Waals surface area contributed by atoms with E-state index in [1.54, 1.807) is 37.3 Å². The summed E-state index contributed by atoms with van der Waals surface area (Å²) in [6, 6.07) is 8.29. The molecule has 1 aliphatic rings. The van der Waals surface area contributed by atoms with Gasteiger partial charge < -0.3 is 16.0 Å². The van der Waals surface area contributed by atoms with E-state index in [1.807, 2.05) is 0 Å². The molecule has 0 atom stereocenters. The quantitative estimate of drug-likeness (QED) is 0.431. The zero-order valence-electron chi connectivity index (χ0n) is 19.4. The van der Waals surface area contributed by atoms with E-state index in [0.717, 1.165) is 16.1 Å². The molecule has 4 rings (SSSR count). The molecule has 0 bridgehead atoms. The molecule has 0 fully saturated rings. The third-order valence-electron chi connectivity index (χ3n) is 5.37. The fourth-order valence-corrected chi connectivity index (χ4v) is 4.01. The Bertz CT molecular complexity index is 1450. The molecular weight excluding hydrogens is 499 g/mol. The first kappa shape index (κ1) is 25.2. The number of sulfonamides is 1. The lowest BCUT2D eigenvalue weighted by molar-refractivity contribution is -0.137. The summed E-state index contributed by atoms with van der Waals surface area (Å²) in [6.45, 7) is 1.55. The maximum absolute atomic E-state index is 13.6. The van der Waals surface area contributed by atoms with Gasteiger partial charge in [-0.3, -0.25) is 9.10 Å². The van der Waals surface area contributed by atoms with Crippen LogP contribution in [0.1, 0.15) is 22.4 Å². The largest absolute Gasteiger partial charge is 0.421 e. The second-order valence-electron chi connectivity index (χ2n) is 8.22. The fourth-order valence-electron chi connectivity index (χ4n) is 3.58. The summed E-state index contributed by atoms with van der Waals surface area (Å²) in [7, 11) is -2.24. The molecule has 0 saturated carbocycles. The molecule has 3 heterocycles. The second-order valence-corrected chi connectivity index (χ2v) is 10.2.